The minimum atomic E-state index is 1.10. The normalized spacial score (nSPS) is 13.7. The fourth-order valence-corrected chi connectivity index (χ4v) is 3.62. The highest BCUT2D eigenvalue weighted by Crippen LogP contribution is 2.35. The monoisotopic (exact) mass is 240 g/mol. The molecule has 84 valence electrons. The Hall–Kier alpha value is -1.61. The van der Waals surface area contributed by atoms with E-state index in [-0.39, 0.29) is 0 Å². The zero-order valence-electron chi connectivity index (χ0n) is 9.60. The van der Waals surface area contributed by atoms with Crippen molar-refractivity contribution in [2.24, 2.45) is 0 Å². The molecule has 2 nitrogen and oxygen atoms in total. The molecule has 0 amide bonds. The van der Waals surface area contributed by atoms with Crippen molar-refractivity contribution in [1.82, 2.24) is 9.38 Å². The number of thiazole rings is 1. The third-order valence-corrected chi connectivity index (χ3v) is 4.48. The Kier molecular flexibility index (Phi) is 1.77. The van der Waals surface area contributed by atoms with Gasteiger partial charge in [-0.05, 0) is 25.3 Å². The predicted molar refractivity (Wildman–Crippen MR) is 70.7 cm³/mol. The Morgan fingerprint density at radius 3 is 3.06 bits per heavy atom. The van der Waals surface area contributed by atoms with E-state index in [1.807, 2.05) is 0 Å². The first-order valence-corrected chi connectivity index (χ1v) is 6.76. The molecule has 3 heteroatoms. The second-order valence-electron chi connectivity index (χ2n) is 4.56. The zero-order chi connectivity index (χ0) is 11.4. The molecule has 0 aliphatic heterocycles. The van der Waals surface area contributed by atoms with Gasteiger partial charge in [-0.2, -0.15) is 0 Å². The SMILES string of the molecule is Cc1csc2nc3c(n12)CCc1ccccc1-3. The van der Waals surface area contributed by atoms with Crippen LogP contribution in [0, 0.1) is 6.92 Å². The maximum atomic E-state index is 4.80. The summed E-state index contributed by atoms with van der Waals surface area (Å²) in [6, 6.07) is 8.64. The number of fused-ring (bicyclic) bond motifs is 5. The standard InChI is InChI=1S/C14H12N2S/c1-9-8-17-14-15-13-11-5-3-2-4-10(11)6-7-12(13)16(9)14/h2-5,8H,6-7H2,1H3. The summed E-state index contributed by atoms with van der Waals surface area (Å²) < 4.78 is 2.32. The minimum absolute atomic E-state index is 1.10. The molecule has 0 fully saturated rings. The fraction of sp³-hybridized carbons (Fsp3) is 0.214. The largest absolute Gasteiger partial charge is 0.291 e. The Labute approximate surface area is 104 Å². The van der Waals surface area contributed by atoms with Gasteiger partial charge in [0.1, 0.15) is 0 Å². The minimum Gasteiger partial charge on any atom is -0.291 e. The lowest BCUT2D eigenvalue weighted by molar-refractivity contribution is 0.873. The maximum Gasteiger partial charge on any atom is 0.194 e. The molecule has 0 spiro atoms. The molecule has 2 aromatic heterocycles. The summed E-state index contributed by atoms with van der Waals surface area (Å²) in [5, 5.41) is 2.18. The fourth-order valence-electron chi connectivity index (χ4n) is 2.73. The highest BCUT2D eigenvalue weighted by atomic mass is 32.1. The molecule has 3 aromatic rings. The lowest BCUT2D eigenvalue weighted by Gasteiger charge is -2.15. The van der Waals surface area contributed by atoms with Crippen molar-refractivity contribution in [2.45, 2.75) is 19.8 Å². The third kappa shape index (κ3) is 1.17. The zero-order valence-corrected chi connectivity index (χ0v) is 10.4. The Morgan fingerprint density at radius 2 is 2.12 bits per heavy atom. The van der Waals surface area contributed by atoms with Gasteiger partial charge in [0.05, 0.1) is 11.4 Å². The molecule has 0 radical (unpaired) electrons. The molecule has 4 rings (SSSR count). The number of nitrogens with zero attached hydrogens (tertiary/aromatic N) is 2. The lowest BCUT2D eigenvalue weighted by atomic mass is 9.92. The van der Waals surface area contributed by atoms with Crippen molar-refractivity contribution >= 4 is 16.3 Å². The van der Waals surface area contributed by atoms with Gasteiger partial charge in [0.15, 0.2) is 4.96 Å². The third-order valence-electron chi connectivity index (χ3n) is 3.53. The van der Waals surface area contributed by atoms with Crippen LogP contribution in [0.25, 0.3) is 16.2 Å². The number of imidazole rings is 1. The maximum absolute atomic E-state index is 4.80. The van der Waals surface area contributed by atoms with Crippen LogP contribution in [-0.4, -0.2) is 9.38 Å². The first kappa shape index (κ1) is 9.42. The molecule has 0 atom stereocenters. The van der Waals surface area contributed by atoms with Crippen LogP contribution in [0.2, 0.25) is 0 Å². The smallest absolute Gasteiger partial charge is 0.194 e. The molecule has 0 saturated carbocycles. The van der Waals surface area contributed by atoms with Crippen LogP contribution in [0.1, 0.15) is 17.0 Å². The van der Waals surface area contributed by atoms with E-state index in [0.29, 0.717) is 0 Å². The molecule has 2 heterocycles. The highest BCUT2D eigenvalue weighted by molar-refractivity contribution is 7.15. The van der Waals surface area contributed by atoms with Crippen LogP contribution in [0.5, 0.6) is 0 Å². The van der Waals surface area contributed by atoms with Crippen LogP contribution >= 0.6 is 11.3 Å². The second kappa shape index (κ2) is 3.20. The molecular formula is C14H12N2S. The molecule has 1 aliphatic rings. The van der Waals surface area contributed by atoms with Crippen LogP contribution in [-0.2, 0) is 12.8 Å². The number of hydrogen-bond acceptors (Lipinski definition) is 2. The Balaban J connectivity index is 2.11. The number of benzene rings is 1. The number of hydrogen-bond donors (Lipinski definition) is 0. The molecule has 17 heavy (non-hydrogen) atoms. The molecule has 0 unspecified atom stereocenters. The van der Waals surface area contributed by atoms with E-state index in [0.717, 1.165) is 17.8 Å². The lowest BCUT2D eigenvalue weighted by Crippen LogP contribution is -2.05. The van der Waals surface area contributed by atoms with Crippen molar-refractivity contribution in [3.8, 4) is 11.3 Å². The van der Waals surface area contributed by atoms with E-state index >= 15 is 0 Å². The first-order chi connectivity index (χ1) is 8.34. The van der Waals surface area contributed by atoms with Crippen LogP contribution in [0.3, 0.4) is 0 Å². The summed E-state index contributed by atoms with van der Waals surface area (Å²) >= 11 is 1.73. The van der Waals surface area contributed by atoms with E-state index in [2.05, 4.69) is 41.0 Å². The van der Waals surface area contributed by atoms with Gasteiger partial charge in [0, 0.05) is 16.6 Å². The Morgan fingerprint density at radius 1 is 1.24 bits per heavy atom. The van der Waals surface area contributed by atoms with Crippen molar-refractivity contribution < 1.29 is 0 Å². The topological polar surface area (TPSA) is 17.3 Å². The molecule has 1 aliphatic carbocycles. The number of rotatable bonds is 0. The highest BCUT2D eigenvalue weighted by Gasteiger charge is 2.22. The second-order valence-corrected chi connectivity index (χ2v) is 5.40. The van der Waals surface area contributed by atoms with Crippen LogP contribution in [0.4, 0.5) is 0 Å². The van der Waals surface area contributed by atoms with Gasteiger partial charge >= 0.3 is 0 Å². The summed E-state index contributed by atoms with van der Waals surface area (Å²) in [5.74, 6) is 0. The van der Waals surface area contributed by atoms with E-state index in [4.69, 9.17) is 4.98 Å². The quantitative estimate of drug-likeness (QED) is 0.588. The number of aryl methyl sites for hydroxylation is 3. The van der Waals surface area contributed by atoms with Crippen molar-refractivity contribution in [3.05, 3.63) is 46.6 Å². The average molecular weight is 240 g/mol. The van der Waals surface area contributed by atoms with Gasteiger partial charge in [-0.3, -0.25) is 4.40 Å². The molecule has 0 N–H and O–H groups in total. The summed E-state index contributed by atoms with van der Waals surface area (Å²) in [6.07, 6.45) is 2.23. The van der Waals surface area contributed by atoms with Crippen molar-refractivity contribution in [3.63, 3.8) is 0 Å². The van der Waals surface area contributed by atoms with E-state index in [1.165, 1.54) is 28.2 Å². The Bertz CT molecular complexity index is 721. The van der Waals surface area contributed by atoms with Crippen LogP contribution < -0.4 is 0 Å². The molecule has 0 saturated heterocycles. The predicted octanol–water partition coefficient (Wildman–Crippen LogP) is 3.47. The van der Waals surface area contributed by atoms with Gasteiger partial charge in [0.2, 0.25) is 0 Å². The van der Waals surface area contributed by atoms with Gasteiger partial charge in [-0.15, -0.1) is 11.3 Å². The van der Waals surface area contributed by atoms with Crippen LogP contribution in [0.15, 0.2) is 29.6 Å². The summed E-state index contributed by atoms with van der Waals surface area (Å²) in [7, 11) is 0. The number of aromatic nitrogens is 2. The molecule has 0 bridgehead atoms. The summed E-state index contributed by atoms with van der Waals surface area (Å²) in [4.78, 5) is 5.93. The van der Waals surface area contributed by atoms with Gasteiger partial charge in [-0.25, -0.2) is 4.98 Å². The average Bonchev–Trinajstić information content (AvgIpc) is 2.90. The van der Waals surface area contributed by atoms with E-state index in [1.54, 1.807) is 11.3 Å². The first-order valence-electron chi connectivity index (χ1n) is 5.88. The van der Waals surface area contributed by atoms with E-state index in [9.17, 15) is 0 Å². The van der Waals surface area contributed by atoms with Crippen molar-refractivity contribution in [1.29, 1.82) is 0 Å². The van der Waals surface area contributed by atoms with Gasteiger partial charge in [0.25, 0.3) is 0 Å². The summed E-state index contributed by atoms with van der Waals surface area (Å²) in [6.45, 7) is 2.16. The van der Waals surface area contributed by atoms with Crippen molar-refractivity contribution in [2.75, 3.05) is 0 Å². The molecular weight excluding hydrogens is 228 g/mol. The molecule has 1 aromatic carbocycles. The van der Waals surface area contributed by atoms with Gasteiger partial charge in [-0.1, -0.05) is 24.3 Å². The van der Waals surface area contributed by atoms with Gasteiger partial charge < -0.3 is 0 Å². The summed E-state index contributed by atoms with van der Waals surface area (Å²) in [5.41, 5.74) is 6.64. The van der Waals surface area contributed by atoms with E-state index < -0.39 is 0 Å².